The van der Waals surface area contributed by atoms with Gasteiger partial charge in [-0.05, 0) is 40.0 Å². The van der Waals surface area contributed by atoms with Crippen LogP contribution < -0.4 is 0 Å². The molecule has 1 nitrogen and oxygen atoms in total. The van der Waals surface area contributed by atoms with E-state index in [1.807, 2.05) is 13.0 Å². The van der Waals surface area contributed by atoms with Crippen molar-refractivity contribution in [3.05, 3.63) is 33.9 Å². The highest BCUT2D eigenvalue weighted by Gasteiger charge is 2.35. The van der Waals surface area contributed by atoms with Crippen molar-refractivity contribution in [1.29, 1.82) is 0 Å². The fourth-order valence-corrected chi connectivity index (χ4v) is 2.27. The molecule has 1 aromatic carbocycles. The highest BCUT2D eigenvalue weighted by Crippen LogP contribution is 2.38. The van der Waals surface area contributed by atoms with E-state index in [2.05, 4.69) is 20.9 Å². The predicted octanol–water partition coefficient (Wildman–Crippen LogP) is 4.51. The summed E-state index contributed by atoms with van der Waals surface area (Å²) in [5.74, 6) is 0. The minimum absolute atomic E-state index is 0.0882. The fraction of sp³-hybridized carbons (Fsp3) is 0.273. The van der Waals surface area contributed by atoms with E-state index in [1.54, 1.807) is 12.1 Å². The van der Waals surface area contributed by atoms with Crippen LogP contribution in [0, 0.1) is 0 Å². The molecule has 0 amide bonds. The summed E-state index contributed by atoms with van der Waals surface area (Å²) < 4.78 is 37.9. The Morgan fingerprint density at radius 2 is 2.00 bits per heavy atom. The number of rotatable bonds is 1. The van der Waals surface area contributed by atoms with Crippen LogP contribution in [0.3, 0.4) is 0 Å². The van der Waals surface area contributed by atoms with Gasteiger partial charge in [-0.1, -0.05) is 13.0 Å². The number of alkyl halides is 3. The Morgan fingerprint density at radius 1 is 1.31 bits per heavy atom. The van der Waals surface area contributed by atoms with Crippen molar-refractivity contribution in [2.24, 2.45) is 0 Å². The smallest absolute Gasteiger partial charge is 0.350 e. The molecule has 0 saturated heterocycles. The second-order valence-electron chi connectivity index (χ2n) is 3.55. The van der Waals surface area contributed by atoms with Crippen molar-refractivity contribution in [3.63, 3.8) is 0 Å². The topological polar surface area (TPSA) is 15.8 Å². The average Bonchev–Trinajstić information content (AvgIpc) is 2.55. The van der Waals surface area contributed by atoms with Crippen LogP contribution in [0.15, 0.2) is 22.7 Å². The second-order valence-corrected chi connectivity index (χ2v) is 4.34. The normalized spacial score (nSPS) is 12.3. The number of benzene rings is 1. The Hall–Kier alpha value is -0.970. The fourth-order valence-electron chi connectivity index (χ4n) is 1.62. The molecule has 0 fully saturated rings. The van der Waals surface area contributed by atoms with Crippen molar-refractivity contribution >= 4 is 26.8 Å². The van der Waals surface area contributed by atoms with Gasteiger partial charge < -0.3 is 4.98 Å². The molecule has 0 aliphatic carbocycles. The number of aryl methyl sites for hydroxylation is 1. The first kappa shape index (κ1) is 11.5. The van der Waals surface area contributed by atoms with E-state index in [0.29, 0.717) is 10.9 Å². The van der Waals surface area contributed by atoms with Crippen LogP contribution in [0.1, 0.15) is 18.2 Å². The summed E-state index contributed by atoms with van der Waals surface area (Å²) >= 11 is 3.00. The van der Waals surface area contributed by atoms with E-state index in [0.717, 1.165) is 12.0 Å². The van der Waals surface area contributed by atoms with Crippen molar-refractivity contribution < 1.29 is 13.2 Å². The van der Waals surface area contributed by atoms with Crippen LogP contribution >= 0.6 is 15.9 Å². The number of nitrogens with one attached hydrogen (secondary N) is 1. The van der Waals surface area contributed by atoms with Gasteiger partial charge >= 0.3 is 6.18 Å². The summed E-state index contributed by atoms with van der Waals surface area (Å²) in [5, 5.41) is 0.576. The molecule has 1 aromatic heterocycles. The van der Waals surface area contributed by atoms with Gasteiger partial charge in [0.1, 0.15) is 5.69 Å². The van der Waals surface area contributed by atoms with Gasteiger partial charge in [0.25, 0.3) is 0 Å². The molecule has 0 spiro atoms. The zero-order valence-electron chi connectivity index (χ0n) is 8.45. The van der Waals surface area contributed by atoms with Gasteiger partial charge in [0.05, 0.1) is 4.47 Å². The highest BCUT2D eigenvalue weighted by molar-refractivity contribution is 9.10. The zero-order valence-corrected chi connectivity index (χ0v) is 10.0. The van der Waals surface area contributed by atoms with Gasteiger partial charge in [-0.3, -0.25) is 0 Å². The first-order chi connectivity index (χ1) is 7.43. The standard InChI is InChI=1S/C11H9BrF3N/c1-2-6-3-4-8-7(5-6)9(12)10(16-8)11(13,14)15/h3-5,16H,2H2,1H3. The van der Waals surface area contributed by atoms with Crippen LogP contribution in [0.5, 0.6) is 0 Å². The molecule has 86 valence electrons. The Labute approximate surface area is 98.8 Å². The zero-order chi connectivity index (χ0) is 11.9. The SMILES string of the molecule is CCc1ccc2[nH]c(C(F)(F)F)c(Br)c2c1. The third-order valence-electron chi connectivity index (χ3n) is 2.49. The summed E-state index contributed by atoms with van der Waals surface area (Å²) in [5.41, 5.74) is 0.785. The average molecular weight is 292 g/mol. The summed E-state index contributed by atoms with van der Waals surface area (Å²) in [6.07, 6.45) is -3.56. The maximum absolute atomic E-state index is 12.6. The summed E-state index contributed by atoms with van der Waals surface area (Å²) in [7, 11) is 0. The predicted molar refractivity (Wildman–Crippen MR) is 60.4 cm³/mol. The van der Waals surface area contributed by atoms with Crippen LogP contribution in [0.4, 0.5) is 13.2 Å². The van der Waals surface area contributed by atoms with Crippen molar-refractivity contribution in [2.45, 2.75) is 19.5 Å². The molecular formula is C11H9BrF3N. The minimum Gasteiger partial charge on any atom is -0.350 e. The molecular weight excluding hydrogens is 283 g/mol. The van der Waals surface area contributed by atoms with Crippen molar-refractivity contribution in [1.82, 2.24) is 4.98 Å². The first-order valence-corrected chi connectivity index (χ1v) is 5.60. The monoisotopic (exact) mass is 291 g/mol. The Morgan fingerprint density at radius 3 is 2.56 bits per heavy atom. The largest absolute Gasteiger partial charge is 0.432 e. The minimum atomic E-state index is -4.36. The third-order valence-corrected chi connectivity index (χ3v) is 3.31. The lowest BCUT2D eigenvalue weighted by atomic mass is 10.1. The van der Waals surface area contributed by atoms with Crippen LogP contribution in [0.2, 0.25) is 0 Å². The van der Waals surface area contributed by atoms with Crippen molar-refractivity contribution in [3.8, 4) is 0 Å². The number of H-pyrrole nitrogens is 1. The maximum Gasteiger partial charge on any atom is 0.432 e. The quantitative estimate of drug-likeness (QED) is 0.796. The number of hydrogen-bond acceptors (Lipinski definition) is 0. The van der Waals surface area contributed by atoms with Gasteiger partial charge in [0, 0.05) is 10.9 Å². The van der Waals surface area contributed by atoms with E-state index in [-0.39, 0.29) is 4.47 Å². The number of fused-ring (bicyclic) bond motifs is 1. The lowest BCUT2D eigenvalue weighted by Crippen LogP contribution is -2.05. The molecule has 0 atom stereocenters. The molecule has 0 aliphatic heterocycles. The molecule has 16 heavy (non-hydrogen) atoms. The molecule has 0 aliphatic rings. The molecule has 0 bridgehead atoms. The van der Waals surface area contributed by atoms with E-state index < -0.39 is 11.9 Å². The number of halogens is 4. The molecule has 2 rings (SSSR count). The lowest BCUT2D eigenvalue weighted by Gasteiger charge is -2.03. The molecule has 5 heteroatoms. The Kier molecular flexibility index (Phi) is 2.74. The van der Waals surface area contributed by atoms with E-state index >= 15 is 0 Å². The molecule has 0 unspecified atom stereocenters. The van der Waals surface area contributed by atoms with Crippen LogP contribution in [-0.2, 0) is 12.6 Å². The van der Waals surface area contributed by atoms with Gasteiger partial charge in [0.15, 0.2) is 0 Å². The van der Waals surface area contributed by atoms with Crippen molar-refractivity contribution in [2.75, 3.05) is 0 Å². The van der Waals surface area contributed by atoms with Gasteiger partial charge in [0.2, 0.25) is 0 Å². The summed E-state index contributed by atoms with van der Waals surface area (Å²) in [6.45, 7) is 1.96. The number of hydrogen-bond donors (Lipinski definition) is 1. The van der Waals surface area contributed by atoms with Gasteiger partial charge in [-0.2, -0.15) is 13.2 Å². The summed E-state index contributed by atoms with van der Waals surface area (Å²) in [4.78, 5) is 2.38. The van der Waals surface area contributed by atoms with Crippen LogP contribution in [0.25, 0.3) is 10.9 Å². The first-order valence-electron chi connectivity index (χ1n) is 4.80. The molecule has 2 aromatic rings. The van der Waals surface area contributed by atoms with Gasteiger partial charge in [-0.25, -0.2) is 0 Å². The highest BCUT2D eigenvalue weighted by atomic mass is 79.9. The van der Waals surface area contributed by atoms with E-state index in [4.69, 9.17) is 0 Å². The molecule has 0 saturated carbocycles. The lowest BCUT2D eigenvalue weighted by molar-refractivity contribution is -0.141. The maximum atomic E-state index is 12.6. The molecule has 0 radical (unpaired) electrons. The van der Waals surface area contributed by atoms with E-state index in [9.17, 15) is 13.2 Å². The number of aromatic amines is 1. The Bertz CT molecular complexity index is 528. The Balaban J connectivity index is 2.69. The molecule has 1 N–H and O–H groups in total. The number of aromatic nitrogens is 1. The van der Waals surface area contributed by atoms with Gasteiger partial charge in [-0.15, -0.1) is 0 Å². The third kappa shape index (κ3) is 1.84. The summed E-state index contributed by atoms with van der Waals surface area (Å²) in [6, 6.07) is 5.27. The molecule has 1 heterocycles. The van der Waals surface area contributed by atoms with E-state index in [1.165, 1.54) is 0 Å². The van der Waals surface area contributed by atoms with Crippen LogP contribution in [-0.4, -0.2) is 4.98 Å². The second kappa shape index (κ2) is 3.80.